The van der Waals surface area contributed by atoms with Crippen LogP contribution >= 0.6 is 11.8 Å². The lowest BCUT2D eigenvalue weighted by atomic mass is 10.0. The Kier molecular flexibility index (Phi) is 7.23. The van der Waals surface area contributed by atoms with Crippen molar-refractivity contribution < 1.29 is 14.7 Å². The molecule has 1 fully saturated rings. The second-order valence-electron chi connectivity index (χ2n) is 5.09. The van der Waals surface area contributed by atoms with E-state index >= 15 is 0 Å². The molecule has 1 rings (SSSR count). The van der Waals surface area contributed by atoms with Crippen molar-refractivity contribution in [1.29, 1.82) is 0 Å². The van der Waals surface area contributed by atoms with Gasteiger partial charge in [-0.3, -0.25) is 4.79 Å². The Hall–Kier alpha value is -0.750. The van der Waals surface area contributed by atoms with E-state index in [1.165, 1.54) is 32.7 Å². The summed E-state index contributed by atoms with van der Waals surface area (Å²) in [7, 11) is 2.16. The predicted octanol–water partition coefficient (Wildman–Crippen LogP) is 1.18. The molecule has 1 heterocycles. The van der Waals surface area contributed by atoms with Gasteiger partial charge in [0.25, 0.3) is 0 Å². The Morgan fingerprint density at radius 3 is 2.79 bits per heavy atom. The number of hydrogen-bond donors (Lipinski definition) is 2. The molecule has 6 heteroatoms. The summed E-state index contributed by atoms with van der Waals surface area (Å²) in [6.07, 6.45) is 4.91. The molecular formula is C13H24N2O3S. The predicted molar refractivity (Wildman–Crippen MR) is 77.5 cm³/mol. The van der Waals surface area contributed by atoms with Crippen LogP contribution in [-0.4, -0.2) is 59.1 Å². The molecule has 1 amide bonds. The van der Waals surface area contributed by atoms with E-state index in [-0.39, 0.29) is 5.91 Å². The molecule has 19 heavy (non-hydrogen) atoms. The minimum atomic E-state index is -0.961. The first kappa shape index (κ1) is 16.3. The summed E-state index contributed by atoms with van der Waals surface area (Å²) in [6.45, 7) is 2.51. The molecule has 0 aliphatic carbocycles. The summed E-state index contributed by atoms with van der Waals surface area (Å²) >= 11 is 1.61. The van der Waals surface area contributed by atoms with Crippen LogP contribution in [0.25, 0.3) is 0 Å². The van der Waals surface area contributed by atoms with Gasteiger partial charge in [0.15, 0.2) is 0 Å². The maximum atomic E-state index is 10.9. The van der Waals surface area contributed by atoms with Crippen molar-refractivity contribution in [3.05, 3.63) is 0 Å². The van der Waals surface area contributed by atoms with Gasteiger partial charge < -0.3 is 15.3 Å². The normalized spacial score (nSPS) is 21.9. The van der Waals surface area contributed by atoms with Crippen molar-refractivity contribution in [2.45, 2.75) is 44.7 Å². The maximum absolute atomic E-state index is 10.9. The molecule has 0 aromatic rings. The number of rotatable bonds is 7. The molecule has 0 saturated carbocycles. The summed E-state index contributed by atoms with van der Waals surface area (Å²) < 4.78 is 0. The second-order valence-corrected chi connectivity index (χ2v) is 6.23. The molecule has 0 spiro atoms. The molecule has 2 unspecified atom stereocenters. The van der Waals surface area contributed by atoms with Crippen LogP contribution in [0.4, 0.5) is 0 Å². The number of nitrogens with one attached hydrogen (secondary N) is 1. The molecule has 1 aliphatic rings. The number of likely N-dealkylation sites (tertiary alicyclic amines) is 1. The first-order chi connectivity index (χ1) is 9.00. The Labute approximate surface area is 119 Å². The summed E-state index contributed by atoms with van der Waals surface area (Å²) in [4.78, 5) is 24.2. The van der Waals surface area contributed by atoms with E-state index in [1.807, 2.05) is 0 Å². The highest BCUT2D eigenvalue weighted by Gasteiger charge is 2.20. The first-order valence-electron chi connectivity index (χ1n) is 6.78. The Balaban J connectivity index is 2.20. The monoisotopic (exact) mass is 288 g/mol. The summed E-state index contributed by atoms with van der Waals surface area (Å²) in [5.41, 5.74) is 0. The number of carboxylic acid groups (broad SMARTS) is 1. The molecule has 0 aromatic carbocycles. The highest BCUT2D eigenvalue weighted by Crippen LogP contribution is 2.19. The van der Waals surface area contributed by atoms with Gasteiger partial charge in [-0.25, -0.2) is 4.79 Å². The molecule has 2 atom stereocenters. The van der Waals surface area contributed by atoms with Crippen molar-refractivity contribution in [2.75, 3.05) is 25.1 Å². The van der Waals surface area contributed by atoms with Crippen LogP contribution in [0.2, 0.25) is 0 Å². The molecule has 1 aliphatic heterocycles. The Morgan fingerprint density at radius 2 is 2.21 bits per heavy atom. The number of carbonyl (C=O) groups excluding carboxylic acids is 1. The van der Waals surface area contributed by atoms with Gasteiger partial charge in [-0.05, 0) is 38.6 Å². The summed E-state index contributed by atoms with van der Waals surface area (Å²) in [5.74, 6) is 0.126. The van der Waals surface area contributed by atoms with Crippen molar-refractivity contribution in [3.8, 4) is 0 Å². The quantitative estimate of drug-likeness (QED) is 0.689. The molecule has 2 N–H and O–H groups in total. The highest BCUT2D eigenvalue weighted by molar-refractivity contribution is 7.99. The van der Waals surface area contributed by atoms with Gasteiger partial charge in [-0.1, -0.05) is 6.42 Å². The van der Waals surface area contributed by atoms with Gasteiger partial charge in [0, 0.05) is 18.7 Å². The summed E-state index contributed by atoms with van der Waals surface area (Å²) in [6, 6.07) is -0.142. The van der Waals surface area contributed by atoms with E-state index in [0.29, 0.717) is 11.8 Å². The van der Waals surface area contributed by atoms with E-state index in [4.69, 9.17) is 5.11 Å². The molecule has 110 valence electrons. The van der Waals surface area contributed by atoms with Crippen LogP contribution in [0.1, 0.15) is 32.6 Å². The molecule has 0 radical (unpaired) electrons. The van der Waals surface area contributed by atoms with E-state index in [2.05, 4.69) is 17.3 Å². The Bertz CT molecular complexity index is 312. The van der Waals surface area contributed by atoms with E-state index in [1.54, 1.807) is 11.8 Å². The lowest BCUT2D eigenvalue weighted by molar-refractivity contribution is -0.140. The summed E-state index contributed by atoms with van der Waals surface area (Å²) in [5, 5.41) is 11.4. The molecule has 0 aromatic heterocycles. The number of nitrogens with zero attached hydrogens (tertiary/aromatic N) is 1. The first-order valence-corrected chi connectivity index (χ1v) is 7.94. The number of aliphatic carboxylic acids is 1. The van der Waals surface area contributed by atoms with E-state index < -0.39 is 12.0 Å². The topological polar surface area (TPSA) is 69.6 Å². The Morgan fingerprint density at radius 1 is 1.47 bits per heavy atom. The number of hydrogen-bond acceptors (Lipinski definition) is 4. The van der Waals surface area contributed by atoms with Crippen LogP contribution in [0.15, 0.2) is 0 Å². The standard InChI is InChI=1S/C13H24N2O3S/c1-10(16)14-12(13(17)18)9-19-8-6-11-5-3-4-7-15(11)2/h11-12H,3-9H2,1-2H3,(H,14,16)(H,17,18). The van der Waals surface area contributed by atoms with Gasteiger partial charge in [0.05, 0.1) is 0 Å². The average molecular weight is 288 g/mol. The third-order valence-corrected chi connectivity index (χ3v) is 4.57. The van der Waals surface area contributed by atoms with Gasteiger partial charge in [0.1, 0.15) is 6.04 Å². The zero-order valence-corrected chi connectivity index (χ0v) is 12.5. The van der Waals surface area contributed by atoms with Crippen molar-refractivity contribution >= 4 is 23.6 Å². The highest BCUT2D eigenvalue weighted by atomic mass is 32.2. The molecular weight excluding hydrogens is 264 g/mol. The van der Waals surface area contributed by atoms with Crippen LogP contribution in [0.5, 0.6) is 0 Å². The minimum absolute atomic E-state index is 0.292. The van der Waals surface area contributed by atoms with E-state index in [9.17, 15) is 9.59 Å². The number of carboxylic acids is 1. The number of piperidine rings is 1. The van der Waals surface area contributed by atoms with E-state index in [0.717, 1.165) is 12.2 Å². The second kappa shape index (κ2) is 8.43. The van der Waals surface area contributed by atoms with Gasteiger partial charge >= 0.3 is 5.97 Å². The van der Waals surface area contributed by atoms with Gasteiger partial charge in [-0.2, -0.15) is 11.8 Å². The fourth-order valence-corrected chi connectivity index (χ4v) is 3.42. The third-order valence-electron chi connectivity index (χ3n) is 3.48. The zero-order chi connectivity index (χ0) is 14.3. The van der Waals surface area contributed by atoms with Crippen molar-refractivity contribution in [1.82, 2.24) is 10.2 Å². The number of amides is 1. The van der Waals surface area contributed by atoms with Crippen LogP contribution in [-0.2, 0) is 9.59 Å². The van der Waals surface area contributed by atoms with Crippen molar-refractivity contribution in [2.24, 2.45) is 0 Å². The maximum Gasteiger partial charge on any atom is 0.327 e. The minimum Gasteiger partial charge on any atom is -0.480 e. The molecule has 0 bridgehead atoms. The lowest BCUT2D eigenvalue weighted by Crippen LogP contribution is -2.41. The fourth-order valence-electron chi connectivity index (χ4n) is 2.35. The molecule has 5 nitrogen and oxygen atoms in total. The van der Waals surface area contributed by atoms with Gasteiger partial charge in [-0.15, -0.1) is 0 Å². The average Bonchev–Trinajstić information content (AvgIpc) is 2.34. The SMILES string of the molecule is CC(=O)NC(CSCCC1CCCCN1C)C(=O)O. The van der Waals surface area contributed by atoms with Crippen LogP contribution in [0.3, 0.4) is 0 Å². The smallest absolute Gasteiger partial charge is 0.327 e. The largest absolute Gasteiger partial charge is 0.480 e. The zero-order valence-electron chi connectivity index (χ0n) is 11.7. The number of thioether (sulfide) groups is 1. The van der Waals surface area contributed by atoms with Crippen LogP contribution in [0, 0.1) is 0 Å². The lowest BCUT2D eigenvalue weighted by Gasteiger charge is -2.32. The molecule has 1 saturated heterocycles. The number of carbonyl (C=O) groups is 2. The third kappa shape index (κ3) is 6.29. The fraction of sp³-hybridized carbons (Fsp3) is 0.846. The van der Waals surface area contributed by atoms with Crippen LogP contribution < -0.4 is 5.32 Å². The van der Waals surface area contributed by atoms with Crippen molar-refractivity contribution in [3.63, 3.8) is 0 Å². The van der Waals surface area contributed by atoms with Gasteiger partial charge in [0.2, 0.25) is 5.91 Å².